The predicted molar refractivity (Wildman–Crippen MR) is 83.2 cm³/mol. The Labute approximate surface area is 138 Å². The van der Waals surface area contributed by atoms with Crippen molar-refractivity contribution in [1.29, 1.82) is 0 Å². The van der Waals surface area contributed by atoms with E-state index in [0.717, 1.165) is 18.9 Å². The standard InChI is InChI=1S/C16H19F2N5O/c1-11(14-3-2-12(17)8-15(14)18)21-16(24)22-6-4-13(5-7-22)23-10-19-9-20-23/h2-3,8-11,13H,4-7H2,1H3,(H,21,24)/t11-/m1/s1. The Morgan fingerprint density at radius 1 is 1.33 bits per heavy atom. The molecular formula is C16H19F2N5O. The van der Waals surface area contributed by atoms with E-state index in [1.54, 1.807) is 18.2 Å². The average molecular weight is 335 g/mol. The zero-order chi connectivity index (χ0) is 17.1. The third-order valence-corrected chi connectivity index (χ3v) is 4.33. The molecule has 1 atom stereocenters. The molecule has 1 fully saturated rings. The third kappa shape index (κ3) is 3.52. The molecule has 0 spiro atoms. The summed E-state index contributed by atoms with van der Waals surface area (Å²) in [5, 5.41) is 6.89. The quantitative estimate of drug-likeness (QED) is 0.938. The van der Waals surface area contributed by atoms with Gasteiger partial charge in [0.1, 0.15) is 24.3 Å². The van der Waals surface area contributed by atoms with E-state index in [2.05, 4.69) is 15.4 Å². The summed E-state index contributed by atoms with van der Waals surface area (Å²) in [6, 6.07) is 2.82. The number of benzene rings is 1. The second-order valence-electron chi connectivity index (χ2n) is 5.93. The van der Waals surface area contributed by atoms with Crippen molar-refractivity contribution in [2.45, 2.75) is 31.8 Å². The Bertz CT molecular complexity index is 698. The first-order chi connectivity index (χ1) is 11.5. The lowest BCUT2D eigenvalue weighted by atomic mass is 10.1. The smallest absolute Gasteiger partial charge is 0.317 e. The van der Waals surface area contributed by atoms with Gasteiger partial charge in [0.05, 0.1) is 12.1 Å². The first-order valence-electron chi connectivity index (χ1n) is 7.89. The van der Waals surface area contributed by atoms with E-state index in [0.29, 0.717) is 13.1 Å². The third-order valence-electron chi connectivity index (χ3n) is 4.33. The van der Waals surface area contributed by atoms with Crippen LogP contribution in [0.1, 0.15) is 37.4 Å². The summed E-state index contributed by atoms with van der Waals surface area (Å²) in [4.78, 5) is 18.0. The number of carbonyl (C=O) groups is 1. The van der Waals surface area contributed by atoms with Crippen molar-refractivity contribution in [1.82, 2.24) is 25.0 Å². The van der Waals surface area contributed by atoms with Gasteiger partial charge < -0.3 is 10.2 Å². The van der Waals surface area contributed by atoms with Gasteiger partial charge in [-0.2, -0.15) is 5.10 Å². The maximum absolute atomic E-state index is 13.8. The van der Waals surface area contributed by atoms with Gasteiger partial charge in [0.2, 0.25) is 0 Å². The molecular weight excluding hydrogens is 316 g/mol. The molecule has 8 heteroatoms. The molecule has 0 aliphatic carbocycles. The van der Waals surface area contributed by atoms with E-state index in [-0.39, 0.29) is 17.6 Å². The van der Waals surface area contributed by atoms with Gasteiger partial charge in [-0.3, -0.25) is 0 Å². The van der Waals surface area contributed by atoms with E-state index >= 15 is 0 Å². The van der Waals surface area contributed by atoms with Crippen molar-refractivity contribution >= 4 is 6.03 Å². The van der Waals surface area contributed by atoms with Gasteiger partial charge in [-0.25, -0.2) is 23.2 Å². The Kier molecular flexibility index (Phi) is 4.73. The van der Waals surface area contributed by atoms with Crippen LogP contribution in [0.4, 0.5) is 13.6 Å². The predicted octanol–water partition coefficient (Wildman–Crippen LogP) is 2.66. The molecule has 3 rings (SSSR count). The van der Waals surface area contributed by atoms with Gasteiger partial charge >= 0.3 is 6.03 Å². The monoisotopic (exact) mass is 335 g/mol. The molecule has 24 heavy (non-hydrogen) atoms. The second kappa shape index (κ2) is 6.94. The van der Waals surface area contributed by atoms with Crippen molar-refractivity contribution in [3.8, 4) is 0 Å². The fourth-order valence-electron chi connectivity index (χ4n) is 2.95. The van der Waals surface area contributed by atoms with E-state index in [1.165, 1.54) is 18.5 Å². The highest BCUT2D eigenvalue weighted by atomic mass is 19.1. The number of likely N-dealkylation sites (tertiary alicyclic amines) is 1. The molecule has 1 saturated heterocycles. The van der Waals surface area contributed by atoms with Gasteiger partial charge in [-0.1, -0.05) is 6.07 Å². The molecule has 1 aliphatic heterocycles. The highest BCUT2D eigenvalue weighted by Gasteiger charge is 2.25. The van der Waals surface area contributed by atoms with E-state index < -0.39 is 17.7 Å². The van der Waals surface area contributed by atoms with Crippen LogP contribution in [-0.4, -0.2) is 38.8 Å². The molecule has 0 unspecified atom stereocenters. The molecule has 2 aromatic rings. The molecule has 1 aromatic carbocycles. The summed E-state index contributed by atoms with van der Waals surface area (Å²) >= 11 is 0. The number of hydrogen-bond donors (Lipinski definition) is 1. The number of piperidine rings is 1. The minimum absolute atomic E-state index is 0.239. The van der Waals surface area contributed by atoms with E-state index in [4.69, 9.17) is 0 Å². The Balaban J connectivity index is 1.55. The summed E-state index contributed by atoms with van der Waals surface area (Å²) < 4.78 is 28.6. The second-order valence-corrected chi connectivity index (χ2v) is 5.93. The molecule has 6 nitrogen and oxygen atoms in total. The summed E-state index contributed by atoms with van der Waals surface area (Å²) in [6.07, 6.45) is 4.75. The van der Waals surface area contributed by atoms with Crippen LogP contribution in [0.15, 0.2) is 30.9 Å². The van der Waals surface area contributed by atoms with Crippen LogP contribution in [0.25, 0.3) is 0 Å². The molecule has 1 N–H and O–H groups in total. The van der Waals surface area contributed by atoms with Crippen molar-refractivity contribution in [3.63, 3.8) is 0 Å². The van der Waals surface area contributed by atoms with Crippen LogP contribution in [0.5, 0.6) is 0 Å². The number of aromatic nitrogens is 3. The van der Waals surface area contributed by atoms with Crippen LogP contribution >= 0.6 is 0 Å². The topological polar surface area (TPSA) is 63.1 Å². The number of nitrogens with zero attached hydrogens (tertiary/aromatic N) is 4. The van der Waals surface area contributed by atoms with Gasteiger partial charge in [0.25, 0.3) is 0 Å². The minimum Gasteiger partial charge on any atom is -0.331 e. The van der Waals surface area contributed by atoms with Crippen LogP contribution in [0.2, 0.25) is 0 Å². The molecule has 0 bridgehead atoms. The van der Waals surface area contributed by atoms with E-state index in [1.807, 2.05) is 4.68 Å². The number of nitrogens with one attached hydrogen (secondary N) is 1. The Morgan fingerprint density at radius 3 is 2.71 bits per heavy atom. The molecule has 0 radical (unpaired) electrons. The highest BCUT2D eigenvalue weighted by molar-refractivity contribution is 5.74. The molecule has 2 amide bonds. The number of halogens is 2. The van der Waals surface area contributed by atoms with Gasteiger partial charge in [-0.15, -0.1) is 0 Å². The minimum atomic E-state index is -0.660. The molecule has 2 heterocycles. The average Bonchev–Trinajstić information content (AvgIpc) is 3.09. The summed E-state index contributed by atoms with van der Waals surface area (Å²) in [5.74, 6) is -1.29. The zero-order valence-electron chi connectivity index (χ0n) is 13.3. The van der Waals surface area contributed by atoms with Crippen molar-refractivity contribution < 1.29 is 13.6 Å². The van der Waals surface area contributed by atoms with Crippen molar-refractivity contribution in [2.75, 3.05) is 13.1 Å². The number of urea groups is 1. The van der Waals surface area contributed by atoms with Gasteiger partial charge in [0.15, 0.2) is 0 Å². The lowest BCUT2D eigenvalue weighted by Gasteiger charge is -2.32. The fourth-order valence-corrected chi connectivity index (χ4v) is 2.95. The molecule has 1 aliphatic rings. The summed E-state index contributed by atoms with van der Waals surface area (Å²) in [7, 11) is 0. The maximum atomic E-state index is 13.8. The molecule has 0 saturated carbocycles. The number of hydrogen-bond acceptors (Lipinski definition) is 3. The van der Waals surface area contributed by atoms with Crippen LogP contribution in [0, 0.1) is 11.6 Å². The maximum Gasteiger partial charge on any atom is 0.317 e. The summed E-state index contributed by atoms with van der Waals surface area (Å²) in [6.45, 7) is 2.86. The lowest BCUT2D eigenvalue weighted by molar-refractivity contribution is 0.166. The highest BCUT2D eigenvalue weighted by Crippen LogP contribution is 2.22. The van der Waals surface area contributed by atoms with Gasteiger partial charge in [-0.05, 0) is 25.8 Å². The summed E-state index contributed by atoms with van der Waals surface area (Å²) in [5.41, 5.74) is 0.266. The number of carbonyl (C=O) groups excluding carboxylic acids is 1. The fraction of sp³-hybridized carbons (Fsp3) is 0.438. The first kappa shape index (κ1) is 16.4. The number of amides is 2. The SMILES string of the molecule is C[C@@H](NC(=O)N1CCC(n2cncn2)CC1)c1ccc(F)cc1F. The number of rotatable bonds is 3. The van der Waals surface area contributed by atoms with Crippen LogP contribution in [-0.2, 0) is 0 Å². The van der Waals surface area contributed by atoms with E-state index in [9.17, 15) is 13.6 Å². The zero-order valence-corrected chi connectivity index (χ0v) is 13.3. The Hall–Kier alpha value is -2.51. The van der Waals surface area contributed by atoms with Gasteiger partial charge in [0, 0.05) is 24.7 Å². The van der Waals surface area contributed by atoms with Crippen LogP contribution < -0.4 is 5.32 Å². The molecule has 128 valence electrons. The first-order valence-corrected chi connectivity index (χ1v) is 7.89. The van der Waals surface area contributed by atoms with Crippen LogP contribution in [0.3, 0.4) is 0 Å². The van der Waals surface area contributed by atoms with Crippen molar-refractivity contribution in [3.05, 3.63) is 48.1 Å². The molecule has 1 aromatic heterocycles. The Morgan fingerprint density at radius 2 is 2.08 bits per heavy atom. The van der Waals surface area contributed by atoms with Crippen molar-refractivity contribution in [2.24, 2.45) is 0 Å². The normalized spacial score (nSPS) is 16.9. The lowest BCUT2D eigenvalue weighted by Crippen LogP contribution is -2.45. The largest absolute Gasteiger partial charge is 0.331 e.